The second-order valence-electron chi connectivity index (χ2n) is 5.08. The van der Waals surface area contributed by atoms with Crippen LogP contribution in [0.4, 0.5) is 0 Å². The minimum Gasteiger partial charge on any atom is -0.508 e. The van der Waals surface area contributed by atoms with E-state index >= 15 is 0 Å². The second-order valence-corrected chi connectivity index (χ2v) is 6.11. The lowest BCUT2D eigenvalue weighted by molar-refractivity contribution is 0.261. The first-order valence-electron chi connectivity index (χ1n) is 6.62. The molecule has 0 radical (unpaired) electrons. The Morgan fingerprint density at radius 3 is 2.55 bits per heavy atom. The highest BCUT2D eigenvalue weighted by Gasteiger charge is 2.22. The van der Waals surface area contributed by atoms with Crippen LogP contribution in [-0.4, -0.2) is 24.7 Å². The van der Waals surface area contributed by atoms with Gasteiger partial charge in [0.15, 0.2) is 0 Å². The van der Waals surface area contributed by atoms with E-state index in [-0.39, 0.29) is 17.4 Å². The predicted molar refractivity (Wildman–Crippen MR) is 78.7 cm³/mol. The number of rotatable bonds is 3. The van der Waals surface area contributed by atoms with Crippen molar-refractivity contribution in [2.75, 3.05) is 6.61 Å². The number of phenols is 1. The van der Waals surface area contributed by atoms with Gasteiger partial charge in [0.1, 0.15) is 17.2 Å². The molecule has 0 spiro atoms. The monoisotopic (exact) mass is 322 g/mol. The van der Waals surface area contributed by atoms with E-state index in [1.807, 2.05) is 6.07 Å². The van der Waals surface area contributed by atoms with Gasteiger partial charge in [0.25, 0.3) is 0 Å². The number of hydrogen-bond acceptors (Lipinski definition) is 5. The van der Waals surface area contributed by atoms with Crippen LogP contribution in [-0.2, 0) is 16.8 Å². The summed E-state index contributed by atoms with van der Waals surface area (Å²) in [7, 11) is -4.51. The summed E-state index contributed by atoms with van der Waals surface area (Å²) in [5.74, 6) is 1.02. The van der Waals surface area contributed by atoms with Crippen molar-refractivity contribution in [1.82, 2.24) is 0 Å². The average molecular weight is 322 g/mol. The fourth-order valence-electron chi connectivity index (χ4n) is 2.49. The van der Waals surface area contributed by atoms with Crippen molar-refractivity contribution in [2.24, 2.45) is 0 Å². The Morgan fingerprint density at radius 1 is 1.14 bits per heavy atom. The molecule has 0 aliphatic carbocycles. The number of ether oxygens (including phenoxy) is 1. The molecule has 0 fully saturated rings. The third-order valence-electron chi connectivity index (χ3n) is 3.51. The molecule has 1 aliphatic heterocycles. The van der Waals surface area contributed by atoms with E-state index in [4.69, 9.17) is 9.29 Å². The van der Waals surface area contributed by atoms with E-state index in [2.05, 4.69) is 4.18 Å². The van der Waals surface area contributed by atoms with Crippen molar-refractivity contribution in [3.63, 3.8) is 0 Å². The normalized spacial score (nSPS) is 17.4. The molecule has 2 aromatic carbocycles. The summed E-state index contributed by atoms with van der Waals surface area (Å²) < 4.78 is 40.0. The van der Waals surface area contributed by atoms with E-state index in [0.29, 0.717) is 12.4 Å². The van der Waals surface area contributed by atoms with Crippen molar-refractivity contribution in [3.8, 4) is 17.2 Å². The van der Waals surface area contributed by atoms with Gasteiger partial charge in [-0.1, -0.05) is 18.2 Å². The van der Waals surface area contributed by atoms with E-state index in [0.717, 1.165) is 17.5 Å². The van der Waals surface area contributed by atoms with E-state index in [1.165, 1.54) is 12.1 Å². The van der Waals surface area contributed by atoms with Gasteiger partial charge in [-0.15, -0.1) is 0 Å². The highest BCUT2D eigenvalue weighted by Crippen LogP contribution is 2.34. The van der Waals surface area contributed by atoms with Crippen molar-refractivity contribution >= 4 is 10.4 Å². The maximum Gasteiger partial charge on any atom is 0.446 e. The standard InChI is InChI=1S/C15H14O6S/c16-13-4-1-11-7-12(9-20-15(11)8-13)10-2-5-14(6-3-10)21-22(17,18)19/h1-6,8,12,16H,7,9H2,(H,17,18,19). The molecule has 6 nitrogen and oxygen atoms in total. The Morgan fingerprint density at radius 2 is 1.86 bits per heavy atom. The van der Waals surface area contributed by atoms with Gasteiger partial charge >= 0.3 is 10.4 Å². The molecule has 0 bridgehead atoms. The van der Waals surface area contributed by atoms with Gasteiger partial charge < -0.3 is 14.0 Å². The first-order valence-corrected chi connectivity index (χ1v) is 7.99. The first kappa shape index (κ1) is 14.7. The molecule has 22 heavy (non-hydrogen) atoms. The summed E-state index contributed by atoms with van der Waals surface area (Å²) in [6.07, 6.45) is 0.758. The minimum absolute atomic E-state index is 0.0494. The topological polar surface area (TPSA) is 93.1 Å². The molecule has 0 saturated carbocycles. The summed E-state index contributed by atoms with van der Waals surface area (Å²) in [4.78, 5) is 0. The quantitative estimate of drug-likeness (QED) is 0.842. The number of phenolic OH excluding ortho intramolecular Hbond substituents is 1. The van der Waals surface area contributed by atoms with E-state index < -0.39 is 10.4 Å². The molecule has 0 aromatic heterocycles. The zero-order valence-corrected chi connectivity index (χ0v) is 12.3. The van der Waals surface area contributed by atoms with Gasteiger partial charge in [0.05, 0.1) is 6.61 Å². The molecule has 0 amide bonds. The lowest BCUT2D eigenvalue weighted by atomic mass is 9.90. The zero-order chi connectivity index (χ0) is 15.7. The average Bonchev–Trinajstić information content (AvgIpc) is 2.46. The van der Waals surface area contributed by atoms with Crippen molar-refractivity contribution in [2.45, 2.75) is 12.3 Å². The second kappa shape index (κ2) is 5.51. The Hall–Kier alpha value is -2.25. The molecule has 1 aliphatic rings. The summed E-state index contributed by atoms with van der Waals surface area (Å²) in [6, 6.07) is 11.5. The molecular formula is C15H14O6S. The number of hydrogen-bond donors (Lipinski definition) is 2. The van der Waals surface area contributed by atoms with E-state index in [9.17, 15) is 13.5 Å². The SMILES string of the molecule is O=S(=O)(O)Oc1ccc(C2COc3cc(O)ccc3C2)cc1. The van der Waals surface area contributed by atoms with Gasteiger partial charge in [0, 0.05) is 12.0 Å². The first-order chi connectivity index (χ1) is 10.4. The minimum atomic E-state index is -4.51. The molecule has 7 heteroatoms. The molecule has 1 heterocycles. The summed E-state index contributed by atoms with van der Waals surface area (Å²) in [5, 5.41) is 9.43. The molecule has 2 N–H and O–H groups in total. The zero-order valence-electron chi connectivity index (χ0n) is 11.5. The van der Waals surface area contributed by atoms with Crippen LogP contribution >= 0.6 is 0 Å². The Bertz CT molecular complexity index is 782. The Labute approximate surface area is 127 Å². The maximum absolute atomic E-state index is 10.6. The molecule has 116 valence electrons. The third-order valence-corrected chi connectivity index (χ3v) is 3.91. The lowest BCUT2D eigenvalue weighted by Gasteiger charge is -2.25. The van der Waals surface area contributed by atoms with Gasteiger partial charge in [-0.2, -0.15) is 8.42 Å². The lowest BCUT2D eigenvalue weighted by Crippen LogP contribution is -2.19. The van der Waals surface area contributed by atoms with Crippen LogP contribution in [0.15, 0.2) is 42.5 Å². The molecule has 1 unspecified atom stereocenters. The van der Waals surface area contributed by atoms with Crippen molar-refractivity contribution in [3.05, 3.63) is 53.6 Å². The van der Waals surface area contributed by atoms with Crippen LogP contribution in [0.1, 0.15) is 17.0 Å². The van der Waals surface area contributed by atoms with Crippen LogP contribution in [0.5, 0.6) is 17.2 Å². The molecular weight excluding hydrogens is 308 g/mol. The maximum atomic E-state index is 10.6. The van der Waals surface area contributed by atoms with Crippen molar-refractivity contribution < 1.29 is 27.0 Å². The van der Waals surface area contributed by atoms with Gasteiger partial charge in [-0.25, -0.2) is 0 Å². The van der Waals surface area contributed by atoms with E-state index in [1.54, 1.807) is 24.3 Å². The fraction of sp³-hybridized carbons (Fsp3) is 0.200. The summed E-state index contributed by atoms with van der Waals surface area (Å²) in [6.45, 7) is 0.467. The predicted octanol–water partition coefficient (Wildman–Crippen LogP) is 2.29. The molecule has 2 aromatic rings. The molecule has 1 atom stereocenters. The summed E-state index contributed by atoms with van der Waals surface area (Å²) in [5.41, 5.74) is 1.98. The van der Waals surface area contributed by atoms with Crippen LogP contribution in [0, 0.1) is 0 Å². The molecule has 3 rings (SSSR count). The van der Waals surface area contributed by atoms with Gasteiger partial charge in [-0.05, 0) is 35.7 Å². The molecule has 0 saturated heterocycles. The van der Waals surface area contributed by atoms with Gasteiger partial charge in [0.2, 0.25) is 0 Å². The summed E-state index contributed by atoms with van der Waals surface area (Å²) >= 11 is 0. The third kappa shape index (κ3) is 3.32. The van der Waals surface area contributed by atoms with Crippen molar-refractivity contribution in [1.29, 1.82) is 0 Å². The Kier molecular flexibility index (Phi) is 3.67. The highest BCUT2D eigenvalue weighted by atomic mass is 32.3. The van der Waals surface area contributed by atoms with Crippen LogP contribution < -0.4 is 8.92 Å². The fourth-order valence-corrected chi connectivity index (χ4v) is 2.85. The highest BCUT2D eigenvalue weighted by molar-refractivity contribution is 7.81. The van der Waals surface area contributed by atoms with Gasteiger partial charge in [-0.3, -0.25) is 4.55 Å². The number of benzene rings is 2. The smallest absolute Gasteiger partial charge is 0.446 e. The van der Waals surface area contributed by atoms with Crippen LogP contribution in [0.3, 0.4) is 0 Å². The van der Waals surface area contributed by atoms with Crippen LogP contribution in [0.2, 0.25) is 0 Å². The number of aromatic hydroxyl groups is 1. The Balaban J connectivity index is 1.77. The number of fused-ring (bicyclic) bond motifs is 1. The largest absolute Gasteiger partial charge is 0.508 e. The van der Waals surface area contributed by atoms with Crippen LogP contribution in [0.25, 0.3) is 0 Å².